The molecule has 0 bridgehead atoms. The molecule has 2 heterocycles. The zero-order valence-electron chi connectivity index (χ0n) is 18.1. The molecule has 1 saturated carbocycles. The van der Waals surface area contributed by atoms with Crippen LogP contribution >= 0.6 is 0 Å². The summed E-state index contributed by atoms with van der Waals surface area (Å²) in [7, 11) is 0. The fraction of sp³-hybridized carbons (Fsp3) is 0.947. The topological polar surface area (TPSA) is 259 Å². The molecule has 192 valence electrons. The number of carbonyl (C=O) groups is 1. The Kier molecular flexibility index (Phi) is 9.13. The van der Waals surface area contributed by atoms with E-state index >= 15 is 0 Å². The largest absolute Gasteiger partial charge is 0.389 e. The normalized spacial score (nSPS) is 50.9. The standard InChI is InChI=1S/C19H36N4O10/c20-5-9-13(27)14(28)10(23)18(31-9)32-16-7(22)4-6(21)11(25)17(16)33-19-15(29)12(26)8(30-19)2-1-3-24/h3,6-19,25-29H,1-2,4-5,20-23H2/t6-,7?,8-,9?,10?,11?,12+,13-,14-,15?,16-,17-,18-,19+/m1/s1. The Hall–Kier alpha value is -0.850. The maximum atomic E-state index is 10.7. The van der Waals surface area contributed by atoms with Gasteiger partial charge >= 0.3 is 0 Å². The van der Waals surface area contributed by atoms with Crippen LogP contribution in [0.5, 0.6) is 0 Å². The summed E-state index contributed by atoms with van der Waals surface area (Å²) >= 11 is 0. The maximum absolute atomic E-state index is 10.7. The molecule has 0 amide bonds. The lowest BCUT2D eigenvalue weighted by Crippen LogP contribution is -2.68. The molecule has 5 unspecified atom stereocenters. The van der Waals surface area contributed by atoms with Crippen molar-refractivity contribution in [2.45, 2.75) is 105 Å². The number of carbonyl (C=O) groups excluding carboxylic acids is 1. The maximum Gasteiger partial charge on any atom is 0.187 e. The zero-order chi connectivity index (χ0) is 24.4. The Balaban J connectivity index is 1.76. The van der Waals surface area contributed by atoms with Crippen LogP contribution in [0.3, 0.4) is 0 Å². The Bertz CT molecular complexity index is 648. The molecule has 2 aliphatic heterocycles. The van der Waals surface area contributed by atoms with E-state index in [4.69, 9.17) is 41.9 Å². The van der Waals surface area contributed by atoms with Crippen molar-refractivity contribution in [3.8, 4) is 0 Å². The highest BCUT2D eigenvalue weighted by molar-refractivity contribution is 5.49. The van der Waals surface area contributed by atoms with E-state index in [0.29, 0.717) is 6.29 Å². The molecule has 0 aromatic heterocycles. The minimum absolute atomic E-state index is 0.113. The Morgan fingerprint density at radius 3 is 2.03 bits per heavy atom. The van der Waals surface area contributed by atoms with E-state index in [-0.39, 0.29) is 25.8 Å². The summed E-state index contributed by atoms with van der Waals surface area (Å²) in [4.78, 5) is 10.6. The van der Waals surface area contributed by atoms with Crippen molar-refractivity contribution in [3.63, 3.8) is 0 Å². The van der Waals surface area contributed by atoms with Crippen LogP contribution in [-0.2, 0) is 23.7 Å². The molecule has 0 aromatic rings. The van der Waals surface area contributed by atoms with Crippen molar-refractivity contribution in [1.29, 1.82) is 0 Å². The van der Waals surface area contributed by atoms with Crippen molar-refractivity contribution in [2.75, 3.05) is 6.54 Å². The van der Waals surface area contributed by atoms with E-state index in [1.165, 1.54) is 0 Å². The van der Waals surface area contributed by atoms with Crippen molar-refractivity contribution in [2.24, 2.45) is 22.9 Å². The highest BCUT2D eigenvalue weighted by Crippen LogP contribution is 2.32. The van der Waals surface area contributed by atoms with Gasteiger partial charge in [0, 0.05) is 25.0 Å². The van der Waals surface area contributed by atoms with Gasteiger partial charge in [0.1, 0.15) is 49.0 Å². The van der Waals surface area contributed by atoms with E-state index in [0.717, 1.165) is 0 Å². The van der Waals surface area contributed by atoms with Crippen molar-refractivity contribution in [3.05, 3.63) is 0 Å². The van der Waals surface area contributed by atoms with Crippen molar-refractivity contribution < 1.29 is 49.3 Å². The minimum atomic E-state index is -1.46. The summed E-state index contributed by atoms with van der Waals surface area (Å²) in [6.45, 7) is -0.114. The first-order valence-electron chi connectivity index (χ1n) is 11.0. The third-order valence-corrected chi connectivity index (χ3v) is 6.52. The lowest BCUT2D eigenvalue weighted by molar-refractivity contribution is -0.306. The van der Waals surface area contributed by atoms with Crippen LogP contribution in [0.4, 0.5) is 0 Å². The van der Waals surface area contributed by atoms with Gasteiger partial charge in [-0.05, 0) is 12.8 Å². The van der Waals surface area contributed by atoms with E-state index in [1.807, 2.05) is 0 Å². The molecule has 14 heteroatoms. The van der Waals surface area contributed by atoms with Gasteiger partial charge in [-0.15, -0.1) is 0 Å². The number of ether oxygens (including phenoxy) is 4. The highest BCUT2D eigenvalue weighted by atomic mass is 16.7. The molecule has 13 N–H and O–H groups in total. The van der Waals surface area contributed by atoms with Crippen LogP contribution in [0, 0.1) is 0 Å². The van der Waals surface area contributed by atoms with Gasteiger partial charge in [0.25, 0.3) is 0 Å². The van der Waals surface area contributed by atoms with Gasteiger partial charge < -0.3 is 72.2 Å². The van der Waals surface area contributed by atoms with Crippen LogP contribution < -0.4 is 22.9 Å². The number of aliphatic hydroxyl groups excluding tert-OH is 5. The zero-order valence-corrected chi connectivity index (χ0v) is 18.1. The predicted octanol–water partition coefficient (Wildman–Crippen LogP) is -5.67. The molecule has 3 fully saturated rings. The SMILES string of the molecule is NCC1O[C@H](O[C@@H]2C(N)C[C@@H](N)C(O)[C@H]2O[C@@H]2O[C@H](CCC=O)[C@H](O)C2O)C(N)[C@@H](O)[C@@H]1O. The smallest absolute Gasteiger partial charge is 0.187 e. The molecule has 14 atom stereocenters. The van der Waals surface area contributed by atoms with Crippen LogP contribution in [0.15, 0.2) is 0 Å². The lowest BCUT2D eigenvalue weighted by Gasteiger charge is -2.47. The van der Waals surface area contributed by atoms with Gasteiger partial charge in [-0.2, -0.15) is 0 Å². The summed E-state index contributed by atoms with van der Waals surface area (Å²) < 4.78 is 22.9. The Labute approximate surface area is 190 Å². The number of hydrogen-bond donors (Lipinski definition) is 9. The summed E-state index contributed by atoms with van der Waals surface area (Å²) in [6, 6.07) is -2.71. The minimum Gasteiger partial charge on any atom is -0.389 e. The third kappa shape index (κ3) is 5.54. The van der Waals surface area contributed by atoms with Gasteiger partial charge in [-0.1, -0.05) is 0 Å². The number of aliphatic hydroxyl groups is 5. The van der Waals surface area contributed by atoms with Gasteiger partial charge in [0.2, 0.25) is 0 Å². The summed E-state index contributed by atoms with van der Waals surface area (Å²) in [6.07, 6.45) is -12.4. The van der Waals surface area contributed by atoms with Gasteiger partial charge in [0.05, 0.1) is 18.2 Å². The van der Waals surface area contributed by atoms with Crippen LogP contribution in [0.1, 0.15) is 19.3 Å². The second-order valence-corrected chi connectivity index (χ2v) is 8.86. The van der Waals surface area contributed by atoms with E-state index in [9.17, 15) is 30.3 Å². The molecule has 14 nitrogen and oxygen atoms in total. The summed E-state index contributed by atoms with van der Waals surface area (Å²) in [5, 5.41) is 51.6. The second-order valence-electron chi connectivity index (χ2n) is 8.86. The Morgan fingerprint density at radius 1 is 0.788 bits per heavy atom. The number of nitrogens with two attached hydrogens (primary N) is 4. The molecule has 33 heavy (non-hydrogen) atoms. The van der Waals surface area contributed by atoms with E-state index in [2.05, 4.69) is 0 Å². The fourth-order valence-corrected chi connectivity index (χ4v) is 4.48. The van der Waals surface area contributed by atoms with Crippen LogP contribution in [-0.4, -0.2) is 124 Å². The average molecular weight is 481 g/mol. The van der Waals surface area contributed by atoms with Gasteiger partial charge in [-0.25, -0.2) is 0 Å². The molecule has 2 saturated heterocycles. The second kappa shape index (κ2) is 11.3. The van der Waals surface area contributed by atoms with Gasteiger partial charge in [0.15, 0.2) is 12.6 Å². The molecule has 3 aliphatic rings. The molecular weight excluding hydrogens is 444 g/mol. The molecular formula is C19H36N4O10. The summed E-state index contributed by atoms with van der Waals surface area (Å²) in [5.41, 5.74) is 23.8. The number of rotatable bonds is 8. The first kappa shape index (κ1) is 26.7. The molecule has 0 spiro atoms. The highest BCUT2D eigenvalue weighted by Gasteiger charge is 2.52. The molecule has 1 aliphatic carbocycles. The first-order chi connectivity index (χ1) is 15.6. The van der Waals surface area contributed by atoms with Crippen molar-refractivity contribution in [1.82, 2.24) is 0 Å². The van der Waals surface area contributed by atoms with E-state index in [1.54, 1.807) is 0 Å². The monoisotopic (exact) mass is 480 g/mol. The number of hydrogen-bond acceptors (Lipinski definition) is 14. The van der Waals surface area contributed by atoms with Gasteiger partial charge in [-0.3, -0.25) is 0 Å². The first-order valence-corrected chi connectivity index (χ1v) is 11.0. The van der Waals surface area contributed by atoms with Crippen molar-refractivity contribution >= 4 is 6.29 Å². The van der Waals surface area contributed by atoms with Crippen LogP contribution in [0.2, 0.25) is 0 Å². The quantitative estimate of drug-likeness (QED) is 0.147. The molecule has 0 radical (unpaired) electrons. The predicted molar refractivity (Wildman–Crippen MR) is 110 cm³/mol. The number of aldehydes is 1. The lowest BCUT2D eigenvalue weighted by atomic mass is 9.84. The average Bonchev–Trinajstić information content (AvgIpc) is 3.05. The third-order valence-electron chi connectivity index (χ3n) is 6.52. The molecule has 0 aromatic carbocycles. The van der Waals surface area contributed by atoms with Crippen LogP contribution in [0.25, 0.3) is 0 Å². The Morgan fingerprint density at radius 2 is 1.39 bits per heavy atom. The fourth-order valence-electron chi connectivity index (χ4n) is 4.48. The molecule has 3 rings (SSSR count). The summed E-state index contributed by atoms with van der Waals surface area (Å²) in [5.74, 6) is 0. The van der Waals surface area contributed by atoms with E-state index < -0.39 is 85.6 Å².